The van der Waals surface area contributed by atoms with Crippen LogP contribution in [0.5, 0.6) is 0 Å². The second-order valence-corrected chi connectivity index (χ2v) is 14.3. The van der Waals surface area contributed by atoms with E-state index >= 15 is 0 Å². The number of benzene rings is 4. The molecule has 41 heavy (non-hydrogen) atoms. The minimum Gasteiger partial charge on any atom is -0.508 e. The van der Waals surface area contributed by atoms with Gasteiger partial charge in [-0.25, -0.2) is 0 Å². The van der Waals surface area contributed by atoms with Crippen LogP contribution in [0.15, 0.2) is 124 Å². The zero-order valence-electron chi connectivity index (χ0n) is 23.0. The zero-order valence-corrected chi connectivity index (χ0v) is 25.2. The second kappa shape index (κ2) is 9.19. The lowest BCUT2D eigenvalue weighted by atomic mass is 9.56. The van der Waals surface area contributed by atoms with Gasteiger partial charge in [0.1, 0.15) is 5.76 Å². The topological polar surface area (TPSA) is 20.2 Å². The maximum Gasteiger partial charge on any atom is 0.115 e. The van der Waals surface area contributed by atoms with E-state index < -0.39 is 0 Å². The van der Waals surface area contributed by atoms with Crippen LogP contribution in [0.25, 0.3) is 32.3 Å². The Balaban J connectivity index is 1.32. The Morgan fingerprint density at radius 2 is 1.27 bits per heavy atom. The van der Waals surface area contributed by atoms with E-state index in [1.54, 1.807) is 5.56 Å². The van der Waals surface area contributed by atoms with Gasteiger partial charge in [0.05, 0.1) is 0 Å². The van der Waals surface area contributed by atoms with Gasteiger partial charge in [0.25, 0.3) is 0 Å². The molecule has 1 N–H and O–H groups in total. The molecule has 0 aromatic heterocycles. The minimum atomic E-state index is 0.351. The molecule has 0 amide bonds. The fraction of sp³-hybridized carbons (Fsp3) is 0.282. The molecular formula is C39H33IO. The standard InChI is InChI=1S/C39H33IO/c40-29-14-18-31-27(20-29)10-8-24-6-7-25-9-11-28-21-30(41)15-19-32(28)37(25)39(36(24)31)34-17-13-26-5-4-22-2-1-3-23-12-16-33(34)38(26)35(22)23/h1-5,10-21,24-25,31-32,36-37,39,41H,6-9H2/t24-,25+,31+,32?,36?,37+,39?/m0/s1. The molecule has 4 aromatic rings. The molecule has 0 saturated heterocycles. The fourth-order valence-electron chi connectivity index (χ4n) is 9.61. The van der Waals surface area contributed by atoms with Crippen molar-refractivity contribution in [2.24, 2.45) is 35.5 Å². The average Bonchev–Trinajstić information content (AvgIpc) is 3.17. The van der Waals surface area contributed by atoms with Gasteiger partial charge >= 0.3 is 0 Å². The number of halogens is 1. The van der Waals surface area contributed by atoms with Crippen LogP contribution in [-0.2, 0) is 0 Å². The van der Waals surface area contributed by atoms with Crippen LogP contribution < -0.4 is 0 Å². The molecule has 1 nitrogen and oxygen atoms in total. The van der Waals surface area contributed by atoms with E-state index in [9.17, 15) is 5.11 Å². The summed E-state index contributed by atoms with van der Waals surface area (Å²) in [4.78, 5) is 0. The van der Waals surface area contributed by atoms with Crippen molar-refractivity contribution in [3.8, 4) is 0 Å². The summed E-state index contributed by atoms with van der Waals surface area (Å²) in [7, 11) is 0. The van der Waals surface area contributed by atoms with Crippen molar-refractivity contribution in [2.45, 2.75) is 31.6 Å². The highest BCUT2D eigenvalue weighted by molar-refractivity contribution is 14.1. The third kappa shape index (κ3) is 3.65. The van der Waals surface area contributed by atoms with Crippen LogP contribution in [0.4, 0.5) is 0 Å². The molecule has 202 valence electrons. The summed E-state index contributed by atoms with van der Waals surface area (Å²) in [6.45, 7) is 0. The second-order valence-electron chi connectivity index (χ2n) is 13.0. The van der Waals surface area contributed by atoms with E-state index in [0.717, 1.165) is 6.42 Å². The SMILES string of the molecule is OC1=CC2=CC[C@H]3CC[C@H]4CC=C5C=C(I)C=C[C@H]5C4C(c4ccc5ccc6cccc7ccc4c5c67)[C@H]3C2C=C1. The highest BCUT2D eigenvalue weighted by atomic mass is 127. The van der Waals surface area contributed by atoms with Crippen molar-refractivity contribution in [2.75, 3.05) is 0 Å². The lowest BCUT2D eigenvalue weighted by Crippen LogP contribution is -2.39. The van der Waals surface area contributed by atoms with Gasteiger partial charge in [-0.15, -0.1) is 0 Å². The molecule has 0 radical (unpaired) electrons. The molecule has 5 aliphatic carbocycles. The predicted molar refractivity (Wildman–Crippen MR) is 180 cm³/mol. The lowest BCUT2D eigenvalue weighted by Gasteiger charge is -2.48. The molecule has 3 unspecified atom stereocenters. The largest absolute Gasteiger partial charge is 0.508 e. The van der Waals surface area contributed by atoms with Crippen molar-refractivity contribution in [3.05, 3.63) is 129 Å². The number of rotatable bonds is 1. The Labute approximate surface area is 255 Å². The normalized spacial score (nSPS) is 32.4. The van der Waals surface area contributed by atoms with E-state index in [1.165, 1.54) is 66.3 Å². The van der Waals surface area contributed by atoms with Gasteiger partial charge in [-0.1, -0.05) is 85.0 Å². The Bertz CT molecular complexity index is 1830. The van der Waals surface area contributed by atoms with E-state index in [-0.39, 0.29) is 0 Å². The summed E-state index contributed by atoms with van der Waals surface area (Å²) in [5.41, 5.74) is 4.41. The number of allylic oxidation sites excluding steroid dienone is 11. The Morgan fingerprint density at radius 1 is 0.659 bits per heavy atom. The first-order valence-electron chi connectivity index (χ1n) is 15.3. The number of hydrogen-bond acceptors (Lipinski definition) is 1. The molecule has 7 atom stereocenters. The Morgan fingerprint density at radius 3 is 2.00 bits per heavy atom. The van der Waals surface area contributed by atoms with Gasteiger partial charge in [-0.2, -0.15) is 0 Å². The summed E-state index contributed by atoms with van der Waals surface area (Å²) < 4.78 is 1.34. The van der Waals surface area contributed by atoms with Gasteiger partial charge in [-0.3, -0.25) is 0 Å². The Kier molecular flexibility index (Phi) is 5.49. The minimum absolute atomic E-state index is 0.351. The molecule has 5 aliphatic rings. The van der Waals surface area contributed by atoms with Gasteiger partial charge in [0.2, 0.25) is 0 Å². The molecule has 1 saturated carbocycles. The zero-order chi connectivity index (χ0) is 27.2. The summed E-state index contributed by atoms with van der Waals surface area (Å²) >= 11 is 2.49. The molecule has 9 rings (SSSR count). The smallest absolute Gasteiger partial charge is 0.115 e. The molecule has 0 bridgehead atoms. The highest BCUT2D eigenvalue weighted by Gasteiger charge is 2.50. The highest BCUT2D eigenvalue weighted by Crippen LogP contribution is 2.60. The van der Waals surface area contributed by atoms with Crippen molar-refractivity contribution >= 4 is 54.9 Å². The van der Waals surface area contributed by atoms with E-state index in [0.29, 0.717) is 47.2 Å². The van der Waals surface area contributed by atoms with Gasteiger partial charge in [0, 0.05) is 15.4 Å². The summed E-state index contributed by atoms with van der Waals surface area (Å²) in [6, 6.07) is 21.1. The van der Waals surface area contributed by atoms with Gasteiger partial charge in [-0.05, 0) is 145 Å². The van der Waals surface area contributed by atoms with Crippen LogP contribution in [0, 0.1) is 35.5 Å². The maximum absolute atomic E-state index is 10.5. The third-order valence-electron chi connectivity index (χ3n) is 11.2. The first-order chi connectivity index (χ1) is 20.1. The number of aliphatic hydroxyl groups is 1. The molecule has 0 aliphatic heterocycles. The average molecular weight is 645 g/mol. The molecule has 0 spiro atoms. The molecule has 1 fully saturated rings. The van der Waals surface area contributed by atoms with Crippen LogP contribution in [0.3, 0.4) is 0 Å². The van der Waals surface area contributed by atoms with Gasteiger partial charge in [0.15, 0.2) is 0 Å². The predicted octanol–water partition coefficient (Wildman–Crippen LogP) is 10.7. The van der Waals surface area contributed by atoms with E-state index in [4.69, 9.17) is 0 Å². The van der Waals surface area contributed by atoms with Crippen LogP contribution >= 0.6 is 22.6 Å². The van der Waals surface area contributed by atoms with Gasteiger partial charge < -0.3 is 5.11 Å². The van der Waals surface area contributed by atoms with Crippen LogP contribution in [-0.4, -0.2) is 5.11 Å². The van der Waals surface area contributed by atoms with Crippen LogP contribution in [0.2, 0.25) is 0 Å². The molecule has 2 heteroatoms. The maximum atomic E-state index is 10.5. The number of hydrogen-bond donors (Lipinski definition) is 1. The van der Waals surface area contributed by atoms with Crippen molar-refractivity contribution in [1.82, 2.24) is 0 Å². The monoisotopic (exact) mass is 644 g/mol. The fourth-order valence-corrected chi connectivity index (χ4v) is 10.2. The summed E-state index contributed by atoms with van der Waals surface area (Å²) in [5.74, 6) is 4.06. The quantitative estimate of drug-likeness (QED) is 0.162. The van der Waals surface area contributed by atoms with Crippen molar-refractivity contribution < 1.29 is 5.11 Å². The molecule has 4 aromatic carbocycles. The van der Waals surface area contributed by atoms with E-state index in [2.05, 4.69) is 114 Å². The van der Waals surface area contributed by atoms with Crippen molar-refractivity contribution in [3.63, 3.8) is 0 Å². The molecule has 0 heterocycles. The molecular weight excluding hydrogens is 611 g/mol. The first-order valence-corrected chi connectivity index (χ1v) is 16.4. The third-order valence-corrected chi connectivity index (χ3v) is 11.9. The van der Waals surface area contributed by atoms with Crippen molar-refractivity contribution in [1.29, 1.82) is 0 Å². The lowest BCUT2D eigenvalue weighted by molar-refractivity contribution is 0.155. The summed E-state index contributed by atoms with van der Waals surface area (Å²) in [6.07, 6.45) is 23.6. The van der Waals surface area contributed by atoms with Crippen LogP contribution in [0.1, 0.15) is 37.2 Å². The summed E-state index contributed by atoms with van der Waals surface area (Å²) in [5, 5.41) is 18.8. The number of aliphatic hydroxyl groups excluding tert-OH is 1. The Hall–Kier alpha value is -3.11. The first kappa shape index (κ1) is 24.5. The number of fused-ring (bicyclic) bond motifs is 6. The van der Waals surface area contributed by atoms with E-state index in [1.807, 2.05) is 12.2 Å².